The van der Waals surface area contributed by atoms with E-state index in [4.69, 9.17) is 5.14 Å². The molecule has 0 fully saturated rings. The highest BCUT2D eigenvalue weighted by atomic mass is 32.2. The van der Waals surface area contributed by atoms with Crippen molar-refractivity contribution in [3.05, 3.63) is 65.5 Å². The first-order valence-corrected chi connectivity index (χ1v) is 8.18. The molecule has 0 bridgehead atoms. The van der Waals surface area contributed by atoms with Gasteiger partial charge >= 0.3 is 0 Å². The predicted molar refractivity (Wildman–Crippen MR) is 80.9 cm³/mol. The van der Waals surface area contributed by atoms with Crippen LogP contribution in [0.4, 0.5) is 4.39 Å². The van der Waals surface area contributed by atoms with E-state index < -0.39 is 21.9 Å². The number of rotatable bonds is 6. The van der Waals surface area contributed by atoms with E-state index in [1.807, 2.05) is 0 Å². The Labute approximate surface area is 128 Å². The van der Waals surface area contributed by atoms with Crippen molar-refractivity contribution in [2.45, 2.75) is 17.5 Å². The standard InChI is InChI=1S/C15H17FN2O3S/c16-13-7-3-2-6-12(13)14(19)10-18-9-11-5-1-4-8-15(11)22(17,20)21/h1-8,14,18-19H,9-10H2,(H2,17,20,21). The summed E-state index contributed by atoms with van der Waals surface area (Å²) in [6.07, 6.45) is -1.03. The average Bonchev–Trinajstić information content (AvgIpc) is 2.47. The largest absolute Gasteiger partial charge is 0.387 e. The van der Waals surface area contributed by atoms with E-state index in [0.29, 0.717) is 5.56 Å². The fourth-order valence-corrected chi connectivity index (χ4v) is 2.90. The predicted octanol–water partition coefficient (Wildman–Crippen LogP) is 1.30. The normalized spacial score (nSPS) is 13.0. The molecule has 2 rings (SSSR count). The Bertz CT molecular complexity index is 750. The summed E-state index contributed by atoms with van der Waals surface area (Å²) >= 11 is 0. The third kappa shape index (κ3) is 4.11. The number of sulfonamides is 1. The van der Waals surface area contributed by atoms with Crippen LogP contribution in [0, 0.1) is 5.82 Å². The minimum Gasteiger partial charge on any atom is -0.387 e. The van der Waals surface area contributed by atoms with Gasteiger partial charge in [-0.1, -0.05) is 36.4 Å². The summed E-state index contributed by atoms with van der Waals surface area (Å²) in [5, 5.41) is 18.0. The van der Waals surface area contributed by atoms with Gasteiger partial charge < -0.3 is 10.4 Å². The molecule has 5 nitrogen and oxygen atoms in total. The fraction of sp³-hybridized carbons (Fsp3) is 0.200. The van der Waals surface area contributed by atoms with Crippen molar-refractivity contribution >= 4 is 10.0 Å². The molecule has 0 aliphatic heterocycles. The van der Waals surface area contributed by atoms with Crippen molar-refractivity contribution in [1.29, 1.82) is 0 Å². The lowest BCUT2D eigenvalue weighted by molar-refractivity contribution is 0.169. The summed E-state index contributed by atoms with van der Waals surface area (Å²) in [4.78, 5) is 0.0304. The van der Waals surface area contributed by atoms with Crippen molar-refractivity contribution in [3.8, 4) is 0 Å². The van der Waals surface area contributed by atoms with Gasteiger partial charge in [0.2, 0.25) is 10.0 Å². The maximum Gasteiger partial charge on any atom is 0.238 e. The zero-order valence-corrected chi connectivity index (χ0v) is 12.6. The lowest BCUT2D eigenvalue weighted by Gasteiger charge is -2.14. The molecule has 2 aromatic carbocycles. The van der Waals surface area contributed by atoms with Gasteiger partial charge in [-0.05, 0) is 17.7 Å². The third-order valence-electron chi connectivity index (χ3n) is 3.20. The second kappa shape index (κ2) is 6.97. The van der Waals surface area contributed by atoms with Gasteiger partial charge in [0.15, 0.2) is 0 Å². The van der Waals surface area contributed by atoms with Gasteiger partial charge in [-0.25, -0.2) is 17.9 Å². The average molecular weight is 324 g/mol. The summed E-state index contributed by atoms with van der Waals surface area (Å²) in [5.41, 5.74) is 0.681. The van der Waals surface area contributed by atoms with Gasteiger partial charge in [0.25, 0.3) is 0 Å². The van der Waals surface area contributed by atoms with Crippen LogP contribution < -0.4 is 10.5 Å². The molecule has 0 amide bonds. The molecule has 0 saturated heterocycles. The van der Waals surface area contributed by atoms with Crippen LogP contribution in [0.2, 0.25) is 0 Å². The smallest absolute Gasteiger partial charge is 0.238 e. The van der Waals surface area contributed by atoms with Gasteiger partial charge in [-0.3, -0.25) is 0 Å². The Morgan fingerprint density at radius 2 is 1.77 bits per heavy atom. The monoisotopic (exact) mass is 324 g/mol. The van der Waals surface area contributed by atoms with Crippen molar-refractivity contribution in [2.75, 3.05) is 6.54 Å². The number of benzene rings is 2. The quantitative estimate of drug-likeness (QED) is 0.747. The molecule has 0 aromatic heterocycles. The molecular formula is C15H17FN2O3S. The second-order valence-corrected chi connectivity index (χ2v) is 6.35. The third-order valence-corrected chi connectivity index (χ3v) is 4.21. The Hall–Kier alpha value is -1.80. The van der Waals surface area contributed by atoms with Crippen molar-refractivity contribution in [1.82, 2.24) is 5.32 Å². The molecule has 0 radical (unpaired) electrons. The lowest BCUT2D eigenvalue weighted by atomic mass is 10.1. The molecule has 2 aromatic rings. The molecule has 0 aliphatic rings. The summed E-state index contributed by atoms with van der Waals surface area (Å²) in [6, 6.07) is 12.3. The molecule has 4 N–H and O–H groups in total. The first kappa shape index (κ1) is 16.6. The molecule has 1 atom stereocenters. The Morgan fingerprint density at radius 1 is 1.14 bits per heavy atom. The highest BCUT2D eigenvalue weighted by Crippen LogP contribution is 2.17. The van der Waals surface area contributed by atoms with E-state index in [-0.39, 0.29) is 23.5 Å². The van der Waals surface area contributed by atoms with Crippen LogP contribution in [0.15, 0.2) is 53.4 Å². The number of primary sulfonamides is 1. The van der Waals surface area contributed by atoms with Gasteiger partial charge in [0.05, 0.1) is 11.0 Å². The zero-order valence-electron chi connectivity index (χ0n) is 11.7. The highest BCUT2D eigenvalue weighted by Gasteiger charge is 2.14. The van der Waals surface area contributed by atoms with Gasteiger partial charge in [0.1, 0.15) is 5.82 Å². The van der Waals surface area contributed by atoms with Crippen molar-refractivity contribution < 1.29 is 17.9 Å². The van der Waals surface area contributed by atoms with Crippen LogP contribution in [0.25, 0.3) is 0 Å². The van der Waals surface area contributed by atoms with E-state index in [2.05, 4.69) is 5.32 Å². The van der Waals surface area contributed by atoms with Crippen LogP contribution >= 0.6 is 0 Å². The minimum absolute atomic E-state index is 0.0304. The van der Waals surface area contributed by atoms with Crippen LogP contribution in [0.1, 0.15) is 17.2 Å². The summed E-state index contributed by atoms with van der Waals surface area (Å²) in [5.74, 6) is -0.485. The van der Waals surface area contributed by atoms with Crippen LogP contribution in [0.3, 0.4) is 0 Å². The molecule has 22 heavy (non-hydrogen) atoms. The molecule has 0 heterocycles. The molecule has 0 saturated carbocycles. The SMILES string of the molecule is NS(=O)(=O)c1ccccc1CNCC(O)c1ccccc1F. The lowest BCUT2D eigenvalue weighted by Crippen LogP contribution is -2.23. The molecule has 1 unspecified atom stereocenters. The van der Waals surface area contributed by atoms with Gasteiger partial charge in [0, 0.05) is 18.7 Å². The number of nitrogens with one attached hydrogen (secondary N) is 1. The van der Waals surface area contributed by atoms with Crippen molar-refractivity contribution in [2.24, 2.45) is 5.14 Å². The molecule has 0 spiro atoms. The van der Waals surface area contributed by atoms with E-state index >= 15 is 0 Å². The number of aliphatic hydroxyl groups excluding tert-OH is 1. The van der Waals surface area contributed by atoms with Crippen LogP contribution in [-0.4, -0.2) is 20.1 Å². The Morgan fingerprint density at radius 3 is 2.45 bits per heavy atom. The Kier molecular flexibility index (Phi) is 5.25. The van der Waals surface area contributed by atoms with E-state index in [1.165, 1.54) is 18.2 Å². The zero-order chi connectivity index (χ0) is 16.2. The first-order valence-electron chi connectivity index (χ1n) is 6.63. The Balaban J connectivity index is 2.02. The minimum atomic E-state index is -3.81. The number of hydrogen-bond acceptors (Lipinski definition) is 4. The summed E-state index contributed by atoms with van der Waals surface area (Å²) in [6.45, 7) is 0.276. The highest BCUT2D eigenvalue weighted by molar-refractivity contribution is 7.89. The first-order chi connectivity index (χ1) is 10.4. The number of halogens is 1. The maximum absolute atomic E-state index is 13.5. The topological polar surface area (TPSA) is 92.4 Å². The van der Waals surface area contributed by atoms with Gasteiger partial charge in [-0.2, -0.15) is 0 Å². The fourth-order valence-electron chi connectivity index (χ4n) is 2.13. The molecule has 118 valence electrons. The number of aliphatic hydroxyl groups is 1. The van der Waals surface area contributed by atoms with Crippen molar-refractivity contribution in [3.63, 3.8) is 0 Å². The van der Waals surface area contributed by atoms with Crippen LogP contribution in [-0.2, 0) is 16.6 Å². The summed E-state index contributed by atoms with van der Waals surface area (Å²) in [7, 11) is -3.81. The number of hydrogen-bond donors (Lipinski definition) is 3. The molecule has 0 aliphatic carbocycles. The second-order valence-electron chi connectivity index (χ2n) is 4.82. The van der Waals surface area contributed by atoms with Crippen LogP contribution in [0.5, 0.6) is 0 Å². The molecule has 7 heteroatoms. The maximum atomic E-state index is 13.5. The summed E-state index contributed by atoms with van der Waals surface area (Å²) < 4.78 is 36.5. The number of nitrogens with two attached hydrogens (primary N) is 1. The van der Waals surface area contributed by atoms with E-state index in [9.17, 15) is 17.9 Å². The van der Waals surface area contributed by atoms with E-state index in [0.717, 1.165) is 0 Å². The van der Waals surface area contributed by atoms with Gasteiger partial charge in [-0.15, -0.1) is 0 Å². The molecular weight excluding hydrogens is 307 g/mol. The van der Waals surface area contributed by atoms with E-state index in [1.54, 1.807) is 30.3 Å².